The Balaban J connectivity index is 1.53. The van der Waals surface area contributed by atoms with Crippen LogP contribution in [-0.2, 0) is 11.2 Å². The maximum absolute atomic E-state index is 12.0. The fraction of sp³-hybridized carbons (Fsp3) is 0.357. The molecule has 2 atom stereocenters. The molecule has 3 rings (SSSR count). The Morgan fingerprint density at radius 1 is 1.55 bits per heavy atom. The highest BCUT2D eigenvalue weighted by Gasteiger charge is 2.24. The van der Waals surface area contributed by atoms with Gasteiger partial charge < -0.3 is 10.1 Å². The van der Waals surface area contributed by atoms with Crippen molar-refractivity contribution in [1.82, 2.24) is 20.1 Å². The second kappa shape index (κ2) is 5.32. The van der Waals surface area contributed by atoms with Gasteiger partial charge in [-0.1, -0.05) is 18.2 Å². The average molecular weight is 272 g/mol. The Kier molecular flexibility index (Phi) is 3.37. The van der Waals surface area contributed by atoms with Crippen LogP contribution in [0.3, 0.4) is 0 Å². The molecule has 1 N–H and O–H groups in total. The number of nitrogens with one attached hydrogen (secondary N) is 1. The molecule has 6 nitrogen and oxygen atoms in total. The lowest BCUT2D eigenvalue weighted by Crippen LogP contribution is -2.38. The molecular formula is C14H16N4O2. The maximum atomic E-state index is 12.0. The van der Waals surface area contributed by atoms with E-state index in [1.165, 1.54) is 22.9 Å². The predicted molar refractivity (Wildman–Crippen MR) is 72.3 cm³/mol. The molecule has 1 aliphatic rings. The number of aromatic nitrogens is 3. The number of fused-ring (bicyclic) bond motifs is 1. The normalized spacial score (nSPS) is 18.1. The molecule has 1 amide bonds. The smallest absolute Gasteiger partial charge is 0.244 e. The van der Waals surface area contributed by atoms with E-state index in [2.05, 4.69) is 21.5 Å². The molecule has 0 fully saturated rings. The van der Waals surface area contributed by atoms with Crippen LogP contribution in [0.15, 0.2) is 36.9 Å². The van der Waals surface area contributed by atoms with Crippen molar-refractivity contribution in [2.45, 2.75) is 25.5 Å². The first-order chi connectivity index (χ1) is 9.74. The van der Waals surface area contributed by atoms with Gasteiger partial charge in [0.05, 0.1) is 6.54 Å². The third-order valence-electron chi connectivity index (χ3n) is 3.43. The van der Waals surface area contributed by atoms with Gasteiger partial charge in [-0.25, -0.2) is 9.67 Å². The molecule has 6 heteroatoms. The minimum atomic E-state index is -0.374. The summed E-state index contributed by atoms with van der Waals surface area (Å²) >= 11 is 0. The third kappa shape index (κ3) is 2.49. The number of hydrogen-bond donors (Lipinski definition) is 1. The van der Waals surface area contributed by atoms with Crippen molar-refractivity contribution in [3.05, 3.63) is 42.5 Å². The summed E-state index contributed by atoms with van der Waals surface area (Å²) in [5.41, 5.74) is 1.19. The van der Waals surface area contributed by atoms with Gasteiger partial charge in [-0.15, -0.1) is 0 Å². The Hall–Kier alpha value is -2.37. The van der Waals surface area contributed by atoms with E-state index >= 15 is 0 Å². The van der Waals surface area contributed by atoms with E-state index in [1.54, 1.807) is 6.92 Å². The van der Waals surface area contributed by atoms with Crippen LogP contribution in [0.2, 0.25) is 0 Å². The summed E-state index contributed by atoms with van der Waals surface area (Å²) in [6.07, 6.45) is 3.78. The minimum absolute atomic E-state index is 0.000651. The highest BCUT2D eigenvalue weighted by molar-refractivity contribution is 5.79. The van der Waals surface area contributed by atoms with Crippen LogP contribution in [0.1, 0.15) is 18.5 Å². The zero-order valence-electron chi connectivity index (χ0n) is 11.2. The number of hydrogen-bond acceptors (Lipinski definition) is 4. The zero-order chi connectivity index (χ0) is 13.9. The van der Waals surface area contributed by atoms with Gasteiger partial charge in [0.15, 0.2) is 0 Å². The average Bonchev–Trinajstić information content (AvgIpc) is 3.12. The van der Waals surface area contributed by atoms with Crippen LogP contribution in [-0.4, -0.2) is 33.3 Å². The molecule has 0 spiro atoms. The fourth-order valence-electron chi connectivity index (χ4n) is 2.27. The summed E-state index contributed by atoms with van der Waals surface area (Å²) in [6, 6.07) is 7.58. The number of rotatable bonds is 4. The molecule has 0 unspecified atom stereocenters. The molecule has 2 heterocycles. The number of carbonyl (C=O) groups excluding carboxylic acids is 1. The molecule has 0 radical (unpaired) electrons. The van der Waals surface area contributed by atoms with Crippen LogP contribution in [0, 0.1) is 0 Å². The van der Waals surface area contributed by atoms with Crippen LogP contribution in [0.5, 0.6) is 5.75 Å². The Morgan fingerprint density at radius 3 is 3.15 bits per heavy atom. The van der Waals surface area contributed by atoms with Crippen molar-refractivity contribution in [3.8, 4) is 5.75 Å². The predicted octanol–water partition coefficient (Wildman–Crippen LogP) is 0.959. The maximum Gasteiger partial charge on any atom is 0.244 e. The SMILES string of the molecule is C[C@@H](C(=O)NC[C@H]1Cc2ccccc2O1)n1cncn1. The molecule has 20 heavy (non-hydrogen) atoms. The minimum Gasteiger partial charge on any atom is -0.488 e. The quantitative estimate of drug-likeness (QED) is 0.900. The van der Waals surface area contributed by atoms with Crippen molar-refractivity contribution >= 4 is 5.91 Å². The van der Waals surface area contributed by atoms with E-state index in [9.17, 15) is 4.79 Å². The Morgan fingerprint density at radius 2 is 2.40 bits per heavy atom. The lowest BCUT2D eigenvalue weighted by molar-refractivity contribution is -0.124. The number of para-hydroxylation sites is 1. The van der Waals surface area contributed by atoms with Crippen molar-refractivity contribution in [2.75, 3.05) is 6.54 Å². The molecular weight excluding hydrogens is 256 g/mol. The van der Waals surface area contributed by atoms with Gasteiger partial charge in [-0.05, 0) is 18.6 Å². The second-order valence-corrected chi connectivity index (χ2v) is 4.85. The number of amides is 1. The van der Waals surface area contributed by atoms with Gasteiger partial charge in [0.1, 0.15) is 30.5 Å². The van der Waals surface area contributed by atoms with Crippen molar-refractivity contribution in [1.29, 1.82) is 0 Å². The summed E-state index contributed by atoms with van der Waals surface area (Å²) < 4.78 is 7.31. The molecule has 104 valence electrons. The molecule has 0 saturated heterocycles. The van der Waals surface area contributed by atoms with Gasteiger partial charge in [0.25, 0.3) is 0 Å². The van der Waals surface area contributed by atoms with Gasteiger partial charge >= 0.3 is 0 Å². The van der Waals surface area contributed by atoms with Gasteiger partial charge in [0, 0.05) is 6.42 Å². The van der Waals surface area contributed by atoms with Crippen LogP contribution < -0.4 is 10.1 Å². The van der Waals surface area contributed by atoms with E-state index in [0.717, 1.165) is 12.2 Å². The highest BCUT2D eigenvalue weighted by atomic mass is 16.5. The van der Waals surface area contributed by atoms with E-state index in [1.807, 2.05) is 18.2 Å². The summed E-state index contributed by atoms with van der Waals surface area (Å²) in [4.78, 5) is 15.9. The number of ether oxygens (including phenoxy) is 1. The number of nitrogens with zero attached hydrogens (tertiary/aromatic N) is 3. The molecule has 1 aliphatic heterocycles. The first kappa shape index (κ1) is 12.7. The zero-order valence-corrected chi connectivity index (χ0v) is 11.2. The summed E-state index contributed by atoms with van der Waals surface area (Å²) in [6.45, 7) is 2.28. The molecule has 1 aromatic heterocycles. The lowest BCUT2D eigenvalue weighted by Gasteiger charge is -2.15. The first-order valence-corrected chi connectivity index (χ1v) is 6.60. The summed E-state index contributed by atoms with van der Waals surface area (Å²) in [5, 5.41) is 6.86. The topological polar surface area (TPSA) is 69.0 Å². The van der Waals surface area contributed by atoms with Gasteiger partial charge in [-0.2, -0.15) is 5.10 Å². The lowest BCUT2D eigenvalue weighted by atomic mass is 10.1. The molecule has 2 aromatic rings. The van der Waals surface area contributed by atoms with Crippen LogP contribution in [0.25, 0.3) is 0 Å². The number of carbonyl (C=O) groups is 1. The fourth-order valence-corrected chi connectivity index (χ4v) is 2.27. The molecule has 0 aliphatic carbocycles. The largest absolute Gasteiger partial charge is 0.488 e. The summed E-state index contributed by atoms with van der Waals surface area (Å²) in [7, 11) is 0. The van der Waals surface area contributed by atoms with Gasteiger partial charge in [0.2, 0.25) is 5.91 Å². The number of benzene rings is 1. The Labute approximate surface area is 116 Å². The van der Waals surface area contributed by atoms with Crippen molar-refractivity contribution in [2.24, 2.45) is 0 Å². The second-order valence-electron chi connectivity index (χ2n) is 4.85. The van der Waals surface area contributed by atoms with E-state index < -0.39 is 0 Å². The molecule has 0 bridgehead atoms. The van der Waals surface area contributed by atoms with Crippen LogP contribution in [0.4, 0.5) is 0 Å². The highest BCUT2D eigenvalue weighted by Crippen LogP contribution is 2.27. The monoisotopic (exact) mass is 272 g/mol. The van der Waals surface area contributed by atoms with E-state index in [0.29, 0.717) is 6.54 Å². The molecule has 0 saturated carbocycles. The van der Waals surface area contributed by atoms with E-state index in [-0.39, 0.29) is 18.1 Å². The summed E-state index contributed by atoms with van der Waals surface area (Å²) in [5.74, 6) is 0.825. The first-order valence-electron chi connectivity index (χ1n) is 6.60. The third-order valence-corrected chi connectivity index (χ3v) is 3.43. The van der Waals surface area contributed by atoms with Crippen molar-refractivity contribution in [3.63, 3.8) is 0 Å². The molecule has 1 aromatic carbocycles. The van der Waals surface area contributed by atoms with Crippen LogP contribution >= 0.6 is 0 Å². The Bertz CT molecular complexity index is 572. The van der Waals surface area contributed by atoms with Gasteiger partial charge in [-0.3, -0.25) is 4.79 Å². The van der Waals surface area contributed by atoms with Crippen molar-refractivity contribution < 1.29 is 9.53 Å². The standard InChI is InChI=1S/C14H16N4O2/c1-10(18-9-15-8-17-18)14(19)16-7-12-6-11-4-2-3-5-13(11)20-12/h2-5,8-10,12H,6-7H2,1H3,(H,16,19)/t10-,12+/m0/s1. The van der Waals surface area contributed by atoms with E-state index in [4.69, 9.17) is 4.74 Å².